The molecule has 21 heavy (non-hydrogen) atoms. The van der Waals surface area contributed by atoms with Gasteiger partial charge < -0.3 is 10.2 Å². The van der Waals surface area contributed by atoms with Crippen LogP contribution in [0.3, 0.4) is 0 Å². The Labute approximate surface area is 129 Å². The summed E-state index contributed by atoms with van der Waals surface area (Å²) in [6.45, 7) is 12.5. The van der Waals surface area contributed by atoms with Crippen molar-refractivity contribution < 1.29 is 9.59 Å². The van der Waals surface area contributed by atoms with Crippen molar-refractivity contribution in [2.24, 2.45) is 11.8 Å². The number of carbonyl (C=O) groups is 2. The highest BCUT2D eigenvalue weighted by Crippen LogP contribution is 2.24. The van der Waals surface area contributed by atoms with Gasteiger partial charge in [0.05, 0.1) is 0 Å². The molecule has 4 nitrogen and oxygen atoms in total. The zero-order valence-corrected chi connectivity index (χ0v) is 14.5. The SMILES string of the molecule is CCCC1NC(=O)C(C(C)C)N(C(C)CCC(C)C)C1=O. The summed E-state index contributed by atoms with van der Waals surface area (Å²) in [7, 11) is 0. The number of piperazine rings is 1. The van der Waals surface area contributed by atoms with Gasteiger partial charge in [-0.05, 0) is 38.0 Å². The molecule has 0 aromatic rings. The van der Waals surface area contributed by atoms with E-state index in [-0.39, 0.29) is 35.9 Å². The van der Waals surface area contributed by atoms with Gasteiger partial charge in [0, 0.05) is 6.04 Å². The summed E-state index contributed by atoms with van der Waals surface area (Å²) < 4.78 is 0. The fourth-order valence-corrected chi connectivity index (χ4v) is 3.08. The van der Waals surface area contributed by atoms with Crippen molar-refractivity contribution in [3.05, 3.63) is 0 Å². The van der Waals surface area contributed by atoms with Crippen LogP contribution in [0.2, 0.25) is 0 Å². The number of rotatable bonds is 7. The number of amides is 2. The van der Waals surface area contributed by atoms with Crippen molar-refractivity contribution in [2.45, 2.75) is 85.4 Å². The van der Waals surface area contributed by atoms with Crippen LogP contribution in [0.5, 0.6) is 0 Å². The Morgan fingerprint density at radius 1 is 1.10 bits per heavy atom. The molecule has 1 saturated heterocycles. The lowest BCUT2D eigenvalue weighted by Gasteiger charge is -2.44. The van der Waals surface area contributed by atoms with Crippen LogP contribution in [0.4, 0.5) is 0 Å². The largest absolute Gasteiger partial charge is 0.342 e. The van der Waals surface area contributed by atoms with E-state index >= 15 is 0 Å². The van der Waals surface area contributed by atoms with E-state index < -0.39 is 0 Å². The molecule has 0 spiro atoms. The summed E-state index contributed by atoms with van der Waals surface area (Å²) in [5.74, 6) is 0.869. The zero-order chi connectivity index (χ0) is 16.2. The molecule has 3 unspecified atom stereocenters. The molecular weight excluding hydrogens is 264 g/mol. The van der Waals surface area contributed by atoms with Crippen molar-refractivity contribution in [3.63, 3.8) is 0 Å². The first-order valence-electron chi connectivity index (χ1n) is 8.42. The zero-order valence-electron chi connectivity index (χ0n) is 14.5. The molecule has 1 rings (SSSR count). The van der Waals surface area contributed by atoms with Crippen LogP contribution in [-0.2, 0) is 9.59 Å². The van der Waals surface area contributed by atoms with Crippen LogP contribution < -0.4 is 5.32 Å². The van der Waals surface area contributed by atoms with Crippen molar-refractivity contribution in [3.8, 4) is 0 Å². The molecule has 3 atom stereocenters. The van der Waals surface area contributed by atoms with E-state index in [0.717, 1.165) is 25.7 Å². The summed E-state index contributed by atoms with van der Waals surface area (Å²) in [6, 6.07) is -0.538. The van der Waals surface area contributed by atoms with E-state index in [2.05, 4.69) is 26.1 Å². The van der Waals surface area contributed by atoms with Crippen LogP contribution >= 0.6 is 0 Å². The van der Waals surface area contributed by atoms with Gasteiger partial charge in [-0.3, -0.25) is 9.59 Å². The molecule has 2 amide bonds. The Balaban J connectivity index is 2.93. The minimum Gasteiger partial charge on any atom is -0.342 e. The lowest BCUT2D eigenvalue weighted by Crippen LogP contribution is -2.66. The summed E-state index contributed by atoms with van der Waals surface area (Å²) in [5, 5.41) is 2.92. The van der Waals surface area contributed by atoms with Crippen LogP contribution in [0, 0.1) is 11.8 Å². The summed E-state index contributed by atoms with van der Waals surface area (Å²) in [4.78, 5) is 27.1. The number of nitrogens with one attached hydrogen (secondary N) is 1. The number of nitrogens with zero attached hydrogens (tertiary/aromatic N) is 1. The average Bonchev–Trinajstić information content (AvgIpc) is 2.39. The van der Waals surface area contributed by atoms with Gasteiger partial charge in [-0.25, -0.2) is 0 Å². The smallest absolute Gasteiger partial charge is 0.246 e. The maximum atomic E-state index is 12.8. The lowest BCUT2D eigenvalue weighted by atomic mass is 9.92. The van der Waals surface area contributed by atoms with Crippen LogP contribution in [0.1, 0.15) is 67.2 Å². The van der Waals surface area contributed by atoms with Gasteiger partial charge in [0.2, 0.25) is 11.8 Å². The van der Waals surface area contributed by atoms with Gasteiger partial charge >= 0.3 is 0 Å². The topological polar surface area (TPSA) is 49.4 Å². The molecule has 4 heteroatoms. The summed E-state index contributed by atoms with van der Waals surface area (Å²) in [6.07, 6.45) is 3.66. The molecule has 1 N–H and O–H groups in total. The molecular formula is C17H32N2O2. The monoisotopic (exact) mass is 296 g/mol. The molecule has 122 valence electrons. The maximum Gasteiger partial charge on any atom is 0.246 e. The standard InChI is InChI=1S/C17H32N2O2/c1-7-8-14-17(21)19(13(6)10-9-11(2)3)15(12(4)5)16(20)18-14/h11-15H,7-10H2,1-6H3,(H,18,20). The highest BCUT2D eigenvalue weighted by molar-refractivity contribution is 5.97. The van der Waals surface area contributed by atoms with E-state index in [9.17, 15) is 9.59 Å². The van der Waals surface area contributed by atoms with Crippen LogP contribution in [-0.4, -0.2) is 34.8 Å². The second-order valence-corrected chi connectivity index (χ2v) is 7.10. The average molecular weight is 296 g/mol. The first kappa shape index (κ1) is 18.0. The minimum absolute atomic E-state index is 0.0134. The highest BCUT2D eigenvalue weighted by Gasteiger charge is 2.43. The molecule has 1 fully saturated rings. The molecule has 0 aromatic carbocycles. The minimum atomic E-state index is -0.334. The van der Waals surface area contributed by atoms with Crippen LogP contribution in [0.25, 0.3) is 0 Å². The van der Waals surface area contributed by atoms with Gasteiger partial charge in [0.1, 0.15) is 12.1 Å². The lowest BCUT2D eigenvalue weighted by molar-refractivity contribution is -0.154. The van der Waals surface area contributed by atoms with E-state index in [0.29, 0.717) is 5.92 Å². The predicted octanol–water partition coefficient (Wildman–Crippen LogP) is 2.96. The summed E-state index contributed by atoms with van der Waals surface area (Å²) >= 11 is 0. The molecule has 0 aromatic heterocycles. The number of hydrogen-bond donors (Lipinski definition) is 1. The molecule has 1 aliphatic heterocycles. The Morgan fingerprint density at radius 2 is 1.71 bits per heavy atom. The Bertz CT molecular complexity index is 366. The van der Waals surface area contributed by atoms with Crippen molar-refractivity contribution in [1.82, 2.24) is 10.2 Å². The summed E-state index contributed by atoms with van der Waals surface area (Å²) in [5.41, 5.74) is 0. The molecule has 1 heterocycles. The first-order chi connectivity index (χ1) is 9.79. The Morgan fingerprint density at radius 3 is 2.19 bits per heavy atom. The fraction of sp³-hybridized carbons (Fsp3) is 0.882. The third kappa shape index (κ3) is 4.45. The van der Waals surface area contributed by atoms with Crippen molar-refractivity contribution in [1.29, 1.82) is 0 Å². The fourth-order valence-electron chi connectivity index (χ4n) is 3.08. The quantitative estimate of drug-likeness (QED) is 0.785. The van der Waals surface area contributed by atoms with Gasteiger partial charge in [0.25, 0.3) is 0 Å². The normalized spacial score (nSPS) is 24.7. The third-order valence-electron chi connectivity index (χ3n) is 4.28. The van der Waals surface area contributed by atoms with Gasteiger partial charge in [-0.1, -0.05) is 41.0 Å². The van der Waals surface area contributed by atoms with Gasteiger partial charge in [-0.15, -0.1) is 0 Å². The Kier molecular flexibility index (Phi) is 6.69. The maximum absolute atomic E-state index is 12.8. The molecule has 0 aliphatic carbocycles. The molecule has 0 radical (unpaired) electrons. The Hall–Kier alpha value is -1.06. The van der Waals surface area contributed by atoms with Crippen LogP contribution in [0.15, 0.2) is 0 Å². The number of hydrogen-bond acceptors (Lipinski definition) is 2. The second kappa shape index (κ2) is 7.81. The van der Waals surface area contributed by atoms with Crippen molar-refractivity contribution >= 4 is 11.8 Å². The van der Waals surface area contributed by atoms with E-state index in [1.165, 1.54) is 0 Å². The highest BCUT2D eigenvalue weighted by atomic mass is 16.2. The van der Waals surface area contributed by atoms with Gasteiger partial charge in [0.15, 0.2) is 0 Å². The third-order valence-corrected chi connectivity index (χ3v) is 4.28. The molecule has 0 saturated carbocycles. The van der Waals surface area contributed by atoms with E-state index in [1.807, 2.05) is 25.7 Å². The predicted molar refractivity (Wildman–Crippen MR) is 85.8 cm³/mol. The first-order valence-corrected chi connectivity index (χ1v) is 8.42. The molecule has 0 bridgehead atoms. The van der Waals surface area contributed by atoms with E-state index in [4.69, 9.17) is 0 Å². The van der Waals surface area contributed by atoms with Crippen molar-refractivity contribution in [2.75, 3.05) is 0 Å². The molecule has 1 aliphatic rings. The second-order valence-electron chi connectivity index (χ2n) is 7.10. The number of carbonyl (C=O) groups excluding carboxylic acids is 2. The van der Waals surface area contributed by atoms with Gasteiger partial charge in [-0.2, -0.15) is 0 Å². The van der Waals surface area contributed by atoms with E-state index in [1.54, 1.807) is 0 Å².